The van der Waals surface area contributed by atoms with Crippen LogP contribution in [0, 0.1) is 10.1 Å². The maximum Gasteiger partial charge on any atom is 0.338 e. The molecule has 0 aliphatic carbocycles. The summed E-state index contributed by atoms with van der Waals surface area (Å²) in [6, 6.07) is 14.8. The first-order chi connectivity index (χ1) is 13.8. The second-order valence-electron chi connectivity index (χ2n) is 7.14. The molecule has 0 unspecified atom stereocenters. The van der Waals surface area contributed by atoms with Gasteiger partial charge in [-0.1, -0.05) is 42.5 Å². The first kappa shape index (κ1) is 20.7. The molecule has 2 aromatic rings. The number of rotatable bonds is 7. The molecule has 0 N–H and O–H groups in total. The molecular weight excluding hydrogens is 374 g/mol. The molecule has 1 aliphatic heterocycles. The zero-order valence-corrected chi connectivity index (χ0v) is 16.3. The Morgan fingerprint density at radius 1 is 1.24 bits per heavy atom. The molecule has 7 nitrogen and oxygen atoms in total. The lowest BCUT2D eigenvalue weighted by molar-refractivity contribution is -0.384. The van der Waals surface area contributed by atoms with Crippen molar-refractivity contribution in [2.75, 3.05) is 6.61 Å². The van der Waals surface area contributed by atoms with Crippen molar-refractivity contribution >= 4 is 11.7 Å². The van der Waals surface area contributed by atoms with Gasteiger partial charge in [-0.3, -0.25) is 10.1 Å². The quantitative estimate of drug-likeness (QED) is 0.294. The maximum absolute atomic E-state index is 12.6. The van der Waals surface area contributed by atoms with Crippen LogP contribution in [-0.2, 0) is 14.2 Å². The highest BCUT2D eigenvalue weighted by Gasteiger charge is 2.31. The van der Waals surface area contributed by atoms with Gasteiger partial charge in [-0.2, -0.15) is 0 Å². The van der Waals surface area contributed by atoms with E-state index in [0.717, 1.165) is 5.56 Å². The van der Waals surface area contributed by atoms with Crippen LogP contribution in [0.1, 0.15) is 42.3 Å². The SMILES string of the molecule is CC1(C)OC[C@H](/C=C\C[C@@H](OC(=O)c2ccc([N+](=O)[O-])cc2)c2ccccc2)O1. The third kappa shape index (κ3) is 5.73. The Bertz CT molecular complexity index is 876. The minimum Gasteiger partial charge on any atom is -0.454 e. The number of nitro benzene ring substituents is 1. The topological polar surface area (TPSA) is 87.9 Å². The van der Waals surface area contributed by atoms with Crippen molar-refractivity contribution in [1.29, 1.82) is 0 Å². The number of non-ortho nitro benzene ring substituents is 1. The summed E-state index contributed by atoms with van der Waals surface area (Å²) in [5.41, 5.74) is 1.04. The lowest BCUT2D eigenvalue weighted by atomic mass is 10.1. The van der Waals surface area contributed by atoms with Gasteiger partial charge in [0.25, 0.3) is 5.69 Å². The van der Waals surface area contributed by atoms with Gasteiger partial charge < -0.3 is 14.2 Å². The maximum atomic E-state index is 12.6. The molecule has 152 valence electrons. The largest absolute Gasteiger partial charge is 0.454 e. The number of hydrogen-bond donors (Lipinski definition) is 0. The fourth-order valence-corrected chi connectivity index (χ4v) is 3.00. The third-order valence-corrected chi connectivity index (χ3v) is 4.47. The molecule has 2 atom stereocenters. The fraction of sp³-hybridized carbons (Fsp3) is 0.318. The smallest absolute Gasteiger partial charge is 0.338 e. The van der Waals surface area contributed by atoms with E-state index in [0.29, 0.717) is 13.0 Å². The molecular formula is C22H23NO6. The number of carbonyl (C=O) groups is 1. The van der Waals surface area contributed by atoms with Crippen LogP contribution < -0.4 is 0 Å². The Balaban J connectivity index is 1.69. The zero-order chi connectivity index (χ0) is 20.9. The Morgan fingerprint density at radius 3 is 2.52 bits per heavy atom. The molecule has 1 fully saturated rings. The van der Waals surface area contributed by atoms with E-state index in [1.165, 1.54) is 24.3 Å². The van der Waals surface area contributed by atoms with E-state index in [4.69, 9.17) is 14.2 Å². The first-order valence-corrected chi connectivity index (χ1v) is 9.33. The molecule has 1 heterocycles. The highest BCUT2D eigenvalue weighted by atomic mass is 16.7. The highest BCUT2D eigenvalue weighted by Crippen LogP contribution is 2.26. The minimum atomic E-state index is -0.601. The number of benzene rings is 2. The van der Waals surface area contributed by atoms with Gasteiger partial charge in [-0.05, 0) is 31.5 Å². The van der Waals surface area contributed by atoms with Crippen LogP contribution in [0.15, 0.2) is 66.7 Å². The van der Waals surface area contributed by atoms with Crippen molar-refractivity contribution in [2.24, 2.45) is 0 Å². The molecule has 0 aromatic heterocycles. The number of hydrogen-bond acceptors (Lipinski definition) is 6. The predicted molar refractivity (Wildman–Crippen MR) is 106 cm³/mol. The lowest BCUT2D eigenvalue weighted by Gasteiger charge is -2.17. The summed E-state index contributed by atoms with van der Waals surface area (Å²) in [4.78, 5) is 22.8. The zero-order valence-electron chi connectivity index (χ0n) is 16.3. The van der Waals surface area contributed by atoms with Gasteiger partial charge in [0.15, 0.2) is 5.79 Å². The van der Waals surface area contributed by atoms with E-state index >= 15 is 0 Å². The van der Waals surface area contributed by atoms with Crippen molar-refractivity contribution in [1.82, 2.24) is 0 Å². The Morgan fingerprint density at radius 2 is 1.93 bits per heavy atom. The molecule has 3 rings (SSSR count). The predicted octanol–water partition coefficient (Wildman–Crippen LogP) is 4.59. The van der Waals surface area contributed by atoms with Crippen molar-refractivity contribution in [3.63, 3.8) is 0 Å². The summed E-state index contributed by atoms with van der Waals surface area (Å²) in [5, 5.41) is 10.8. The summed E-state index contributed by atoms with van der Waals surface area (Å²) in [5.74, 6) is -1.14. The Labute approximate surface area is 169 Å². The molecule has 2 aromatic carbocycles. The van der Waals surface area contributed by atoms with Crippen LogP contribution in [0.25, 0.3) is 0 Å². The molecule has 0 bridgehead atoms. The molecule has 0 amide bonds. The van der Waals surface area contributed by atoms with Gasteiger partial charge in [-0.15, -0.1) is 0 Å². The Kier molecular flexibility index (Phi) is 6.41. The highest BCUT2D eigenvalue weighted by molar-refractivity contribution is 5.89. The van der Waals surface area contributed by atoms with Gasteiger partial charge in [0, 0.05) is 18.6 Å². The normalized spacial score (nSPS) is 19.2. The third-order valence-electron chi connectivity index (χ3n) is 4.47. The summed E-state index contributed by atoms with van der Waals surface area (Å²) in [7, 11) is 0. The Hall–Kier alpha value is -3.03. The van der Waals surface area contributed by atoms with Crippen LogP contribution in [0.2, 0.25) is 0 Å². The van der Waals surface area contributed by atoms with E-state index in [9.17, 15) is 14.9 Å². The van der Waals surface area contributed by atoms with Crippen LogP contribution in [-0.4, -0.2) is 29.4 Å². The number of ether oxygens (including phenoxy) is 3. The van der Waals surface area contributed by atoms with Crippen LogP contribution in [0.3, 0.4) is 0 Å². The molecule has 0 radical (unpaired) electrons. The van der Waals surface area contributed by atoms with E-state index in [-0.39, 0.29) is 17.4 Å². The van der Waals surface area contributed by atoms with Gasteiger partial charge in [0.2, 0.25) is 0 Å². The van der Waals surface area contributed by atoms with Gasteiger partial charge >= 0.3 is 5.97 Å². The molecule has 7 heteroatoms. The lowest BCUT2D eigenvalue weighted by Crippen LogP contribution is -2.20. The van der Waals surface area contributed by atoms with Gasteiger partial charge in [-0.25, -0.2) is 4.79 Å². The summed E-state index contributed by atoms with van der Waals surface area (Å²) in [6.07, 6.45) is 3.64. The number of nitro groups is 1. The average molecular weight is 397 g/mol. The van der Waals surface area contributed by atoms with Gasteiger partial charge in [0.05, 0.1) is 17.1 Å². The fourth-order valence-electron chi connectivity index (χ4n) is 3.00. The van der Waals surface area contributed by atoms with Crippen molar-refractivity contribution in [3.8, 4) is 0 Å². The van der Waals surface area contributed by atoms with E-state index in [2.05, 4.69) is 0 Å². The summed E-state index contributed by atoms with van der Waals surface area (Å²) >= 11 is 0. The van der Waals surface area contributed by atoms with Crippen LogP contribution in [0.5, 0.6) is 0 Å². The second-order valence-corrected chi connectivity index (χ2v) is 7.14. The van der Waals surface area contributed by atoms with Crippen molar-refractivity contribution in [3.05, 3.63) is 88.0 Å². The van der Waals surface area contributed by atoms with Crippen molar-refractivity contribution in [2.45, 2.75) is 38.3 Å². The molecule has 1 saturated heterocycles. The first-order valence-electron chi connectivity index (χ1n) is 9.33. The van der Waals surface area contributed by atoms with E-state index in [1.807, 2.05) is 56.3 Å². The standard InChI is InChI=1S/C22H23NO6/c1-22(2)27-15-19(29-22)9-6-10-20(16-7-4-3-5-8-16)28-21(24)17-11-13-18(14-12-17)23(25)26/h3-9,11-14,19-20H,10,15H2,1-2H3/b9-6-/t19-,20+/m0/s1. The second kappa shape index (κ2) is 8.98. The van der Waals surface area contributed by atoms with Crippen molar-refractivity contribution < 1.29 is 23.9 Å². The summed E-state index contributed by atoms with van der Waals surface area (Å²) in [6.45, 7) is 4.20. The van der Waals surface area contributed by atoms with Gasteiger partial charge in [0.1, 0.15) is 12.2 Å². The van der Waals surface area contributed by atoms with Crippen LogP contribution >= 0.6 is 0 Å². The monoisotopic (exact) mass is 397 g/mol. The molecule has 0 spiro atoms. The average Bonchev–Trinajstić information content (AvgIpc) is 3.06. The van der Waals surface area contributed by atoms with E-state index < -0.39 is 22.8 Å². The van der Waals surface area contributed by atoms with E-state index in [1.54, 1.807) is 0 Å². The molecule has 0 saturated carbocycles. The van der Waals surface area contributed by atoms with Crippen LogP contribution in [0.4, 0.5) is 5.69 Å². The number of esters is 1. The summed E-state index contributed by atoms with van der Waals surface area (Å²) < 4.78 is 17.0. The minimum absolute atomic E-state index is 0.0780. The molecule has 29 heavy (non-hydrogen) atoms. The number of carbonyl (C=O) groups excluding carboxylic acids is 1. The number of nitrogens with zero attached hydrogens (tertiary/aromatic N) is 1. The molecule has 1 aliphatic rings.